The zero-order valence-corrected chi connectivity index (χ0v) is 16.5. The second-order valence-electron chi connectivity index (χ2n) is 7.35. The minimum atomic E-state index is -0.0810. The van der Waals surface area contributed by atoms with Gasteiger partial charge in [-0.05, 0) is 25.8 Å². The summed E-state index contributed by atoms with van der Waals surface area (Å²) in [6.07, 6.45) is 9.35. The minimum Gasteiger partial charge on any atom is -0.379 e. The molecule has 1 saturated carbocycles. The summed E-state index contributed by atoms with van der Waals surface area (Å²) in [7, 11) is 1.79. The minimum absolute atomic E-state index is 0.0768. The summed E-state index contributed by atoms with van der Waals surface area (Å²) in [5.74, 6) is -0.0810. The van der Waals surface area contributed by atoms with Gasteiger partial charge in [0.15, 0.2) is 0 Å². The lowest BCUT2D eigenvalue weighted by atomic mass is 9.79. The average molecular weight is 381 g/mol. The predicted octanol–water partition coefficient (Wildman–Crippen LogP) is 2.55. The van der Waals surface area contributed by atoms with Crippen molar-refractivity contribution in [2.75, 3.05) is 32.8 Å². The first kappa shape index (κ1) is 19.4. The number of ether oxygens (including phenoxy) is 1. The quantitative estimate of drug-likeness (QED) is 0.797. The Morgan fingerprint density at radius 2 is 2.00 bits per heavy atom. The van der Waals surface area contributed by atoms with E-state index in [0.717, 1.165) is 50.4 Å². The molecule has 2 aliphatic rings. The van der Waals surface area contributed by atoms with Crippen LogP contribution in [0.15, 0.2) is 6.08 Å². The molecule has 3 rings (SSSR count). The number of nitrogens with one attached hydrogen (secondary N) is 1. The molecule has 2 heterocycles. The molecular weight excluding hydrogens is 352 g/mol. The van der Waals surface area contributed by atoms with E-state index in [0.29, 0.717) is 11.7 Å². The highest BCUT2D eigenvalue weighted by Gasteiger charge is 2.38. The van der Waals surface area contributed by atoms with Crippen LogP contribution < -0.4 is 5.32 Å². The van der Waals surface area contributed by atoms with Gasteiger partial charge in [-0.2, -0.15) is 5.10 Å². The van der Waals surface area contributed by atoms with Gasteiger partial charge in [0.2, 0.25) is 5.91 Å². The van der Waals surface area contributed by atoms with E-state index in [1.54, 1.807) is 23.9 Å². The zero-order valence-electron chi connectivity index (χ0n) is 15.8. The first-order chi connectivity index (χ1) is 12.5. The number of aryl methyl sites for hydroxylation is 2. The van der Waals surface area contributed by atoms with Gasteiger partial charge >= 0.3 is 0 Å². The third-order valence-corrected chi connectivity index (χ3v) is 6.10. The lowest BCUT2D eigenvalue weighted by Gasteiger charge is -2.48. The summed E-state index contributed by atoms with van der Waals surface area (Å²) in [4.78, 5) is 14.9. The summed E-state index contributed by atoms with van der Waals surface area (Å²) in [6, 6.07) is 0. The first-order valence-corrected chi connectivity index (χ1v) is 9.87. The van der Waals surface area contributed by atoms with Crippen molar-refractivity contribution in [1.29, 1.82) is 0 Å². The summed E-state index contributed by atoms with van der Waals surface area (Å²) in [5, 5.41) is 7.94. The zero-order chi connectivity index (χ0) is 18.6. The van der Waals surface area contributed by atoms with Crippen molar-refractivity contribution >= 4 is 23.6 Å². The van der Waals surface area contributed by atoms with Crippen LogP contribution in [-0.2, 0) is 16.6 Å². The number of carbonyl (C=O) groups is 1. The van der Waals surface area contributed by atoms with Crippen molar-refractivity contribution in [1.82, 2.24) is 20.0 Å². The van der Waals surface area contributed by atoms with Crippen molar-refractivity contribution in [3.8, 4) is 0 Å². The van der Waals surface area contributed by atoms with E-state index < -0.39 is 0 Å². The SMILES string of the molecule is Cc1nn(C)c(Cl)c1/C=C/C(=O)NCC1(N2CCOCC2)CCCCC1. The third kappa shape index (κ3) is 4.30. The van der Waals surface area contributed by atoms with Gasteiger partial charge in [-0.1, -0.05) is 30.9 Å². The Morgan fingerprint density at radius 3 is 2.62 bits per heavy atom. The standard InChI is InChI=1S/C19H29ClN4O2/c1-15-16(18(20)23(2)22-15)6-7-17(25)21-14-19(8-4-3-5-9-19)24-10-12-26-13-11-24/h6-7H,3-5,8-14H2,1-2H3,(H,21,25)/b7-6+. The molecule has 1 amide bonds. The molecule has 6 nitrogen and oxygen atoms in total. The topological polar surface area (TPSA) is 59.4 Å². The summed E-state index contributed by atoms with van der Waals surface area (Å²) in [5.41, 5.74) is 1.69. The highest BCUT2D eigenvalue weighted by molar-refractivity contribution is 6.31. The molecule has 0 atom stereocenters. The van der Waals surface area contributed by atoms with Crippen molar-refractivity contribution in [2.24, 2.45) is 7.05 Å². The van der Waals surface area contributed by atoms with Gasteiger partial charge in [-0.25, -0.2) is 0 Å². The van der Waals surface area contributed by atoms with E-state index in [-0.39, 0.29) is 11.4 Å². The van der Waals surface area contributed by atoms with Crippen LogP contribution in [0.2, 0.25) is 5.15 Å². The lowest BCUT2D eigenvalue weighted by molar-refractivity contribution is -0.117. The van der Waals surface area contributed by atoms with Crippen LogP contribution in [-0.4, -0.2) is 59.0 Å². The molecule has 0 aromatic carbocycles. The summed E-state index contributed by atoms with van der Waals surface area (Å²) >= 11 is 6.22. The normalized spacial score (nSPS) is 21.2. The molecule has 26 heavy (non-hydrogen) atoms. The van der Waals surface area contributed by atoms with Gasteiger partial charge in [-0.3, -0.25) is 14.4 Å². The molecular formula is C19H29ClN4O2. The Morgan fingerprint density at radius 1 is 1.31 bits per heavy atom. The van der Waals surface area contributed by atoms with Crippen LogP contribution in [0.3, 0.4) is 0 Å². The number of rotatable bonds is 5. The second-order valence-corrected chi connectivity index (χ2v) is 7.71. The molecule has 1 N–H and O–H groups in total. The predicted molar refractivity (Wildman–Crippen MR) is 103 cm³/mol. The lowest BCUT2D eigenvalue weighted by Crippen LogP contribution is -2.59. The number of amides is 1. The van der Waals surface area contributed by atoms with Crippen molar-refractivity contribution in [2.45, 2.75) is 44.6 Å². The van der Waals surface area contributed by atoms with Gasteiger partial charge in [0.25, 0.3) is 0 Å². The molecule has 144 valence electrons. The molecule has 7 heteroatoms. The summed E-state index contributed by atoms with van der Waals surface area (Å²) in [6.45, 7) is 6.06. The van der Waals surface area contributed by atoms with Crippen molar-refractivity contribution in [3.05, 3.63) is 22.5 Å². The fraction of sp³-hybridized carbons (Fsp3) is 0.684. The monoisotopic (exact) mass is 380 g/mol. The van der Waals surface area contributed by atoms with Crippen molar-refractivity contribution < 1.29 is 9.53 Å². The smallest absolute Gasteiger partial charge is 0.244 e. The number of hydrogen-bond donors (Lipinski definition) is 1. The maximum absolute atomic E-state index is 12.4. The Kier molecular flexibility index (Phi) is 6.37. The Bertz CT molecular complexity index is 659. The fourth-order valence-electron chi connectivity index (χ4n) is 4.16. The van der Waals surface area contributed by atoms with Gasteiger partial charge in [0, 0.05) is 43.9 Å². The van der Waals surface area contributed by atoms with Crippen molar-refractivity contribution in [3.63, 3.8) is 0 Å². The number of nitrogens with zero attached hydrogens (tertiary/aromatic N) is 3. The molecule has 0 bridgehead atoms. The van der Waals surface area contributed by atoms with Crippen LogP contribution in [0.5, 0.6) is 0 Å². The highest BCUT2D eigenvalue weighted by Crippen LogP contribution is 2.33. The Balaban J connectivity index is 1.63. The molecule has 0 spiro atoms. The van der Waals surface area contributed by atoms with Crippen LogP contribution in [0.4, 0.5) is 0 Å². The largest absolute Gasteiger partial charge is 0.379 e. The number of carbonyl (C=O) groups excluding carboxylic acids is 1. The number of morpholine rings is 1. The van der Waals surface area contributed by atoms with E-state index >= 15 is 0 Å². The number of aromatic nitrogens is 2. The van der Waals surface area contributed by atoms with Crippen LogP contribution >= 0.6 is 11.6 Å². The van der Waals surface area contributed by atoms with Gasteiger partial charge in [-0.15, -0.1) is 0 Å². The molecule has 0 radical (unpaired) electrons. The molecule has 1 aliphatic heterocycles. The van der Waals surface area contributed by atoms with Gasteiger partial charge in [0.05, 0.1) is 18.9 Å². The molecule has 2 fully saturated rings. The van der Waals surface area contributed by atoms with E-state index in [4.69, 9.17) is 16.3 Å². The fourth-order valence-corrected chi connectivity index (χ4v) is 4.40. The maximum Gasteiger partial charge on any atom is 0.244 e. The van der Waals surface area contributed by atoms with E-state index in [2.05, 4.69) is 15.3 Å². The molecule has 1 aromatic heterocycles. The van der Waals surface area contributed by atoms with E-state index in [1.807, 2.05) is 6.92 Å². The van der Waals surface area contributed by atoms with Crippen LogP contribution in [0.25, 0.3) is 6.08 Å². The second kappa shape index (κ2) is 8.55. The first-order valence-electron chi connectivity index (χ1n) is 9.50. The van der Waals surface area contributed by atoms with Gasteiger partial charge in [0.1, 0.15) is 5.15 Å². The Labute approximate surface area is 160 Å². The van der Waals surface area contributed by atoms with E-state index in [1.165, 1.54) is 19.3 Å². The van der Waals surface area contributed by atoms with Crippen LogP contribution in [0.1, 0.15) is 43.4 Å². The highest BCUT2D eigenvalue weighted by atomic mass is 35.5. The molecule has 1 aromatic rings. The molecule has 0 unspecified atom stereocenters. The average Bonchev–Trinajstić information content (AvgIpc) is 2.91. The third-order valence-electron chi connectivity index (χ3n) is 5.66. The summed E-state index contributed by atoms with van der Waals surface area (Å²) < 4.78 is 7.13. The van der Waals surface area contributed by atoms with Crippen LogP contribution in [0, 0.1) is 6.92 Å². The number of hydrogen-bond acceptors (Lipinski definition) is 4. The maximum atomic E-state index is 12.4. The number of halogens is 1. The van der Waals surface area contributed by atoms with Gasteiger partial charge < -0.3 is 10.1 Å². The molecule has 1 saturated heterocycles. The van der Waals surface area contributed by atoms with E-state index in [9.17, 15) is 4.79 Å². The Hall–Kier alpha value is -1.37. The molecule has 1 aliphatic carbocycles.